The highest BCUT2D eigenvalue weighted by atomic mass is 79.9. The molecule has 0 aromatic carbocycles. The molecular weight excluding hydrogens is 276 g/mol. The molecule has 1 atom stereocenters. The van der Waals surface area contributed by atoms with Crippen molar-refractivity contribution in [3.05, 3.63) is 22.6 Å². The molecule has 0 saturated heterocycles. The van der Waals surface area contributed by atoms with E-state index in [1.54, 1.807) is 6.07 Å². The van der Waals surface area contributed by atoms with Gasteiger partial charge < -0.3 is 9.15 Å². The topological polar surface area (TPSA) is 56.5 Å². The fourth-order valence-corrected chi connectivity index (χ4v) is 1.99. The molecule has 1 fully saturated rings. The van der Waals surface area contributed by atoms with Gasteiger partial charge in [0.05, 0.1) is 0 Å². The van der Waals surface area contributed by atoms with Crippen molar-refractivity contribution in [2.75, 3.05) is 0 Å². The Hall–Kier alpha value is -1.10. The molecule has 4 nitrogen and oxygen atoms in total. The second-order valence-electron chi connectivity index (χ2n) is 3.71. The van der Waals surface area contributed by atoms with E-state index >= 15 is 0 Å². The van der Waals surface area contributed by atoms with Crippen LogP contribution in [-0.2, 0) is 9.53 Å². The maximum Gasteiger partial charge on any atom is 0.374 e. The Morgan fingerprint density at radius 2 is 2.25 bits per heavy atom. The highest BCUT2D eigenvalue weighted by Gasteiger charge is 2.27. The summed E-state index contributed by atoms with van der Waals surface area (Å²) in [5.74, 6) is -0.457. The van der Waals surface area contributed by atoms with Crippen molar-refractivity contribution in [1.29, 1.82) is 0 Å². The van der Waals surface area contributed by atoms with Crippen LogP contribution in [0.4, 0.5) is 0 Å². The summed E-state index contributed by atoms with van der Waals surface area (Å²) in [5.41, 5.74) is 0. The summed E-state index contributed by atoms with van der Waals surface area (Å²) in [6.07, 6.45) is 2.34. The molecule has 0 unspecified atom stereocenters. The molecule has 0 bridgehead atoms. The number of furan rings is 1. The van der Waals surface area contributed by atoms with Gasteiger partial charge in [0.2, 0.25) is 5.76 Å². The molecule has 1 aromatic heterocycles. The molecule has 0 aliphatic heterocycles. The highest BCUT2D eigenvalue weighted by molar-refractivity contribution is 9.10. The second-order valence-corrected chi connectivity index (χ2v) is 4.49. The zero-order valence-electron chi connectivity index (χ0n) is 8.57. The van der Waals surface area contributed by atoms with E-state index in [2.05, 4.69) is 15.9 Å². The van der Waals surface area contributed by atoms with Crippen molar-refractivity contribution in [3.8, 4) is 0 Å². The lowest BCUT2D eigenvalue weighted by atomic mass is 9.96. The molecule has 1 heterocycles. The van der Waals surface area contributed by atoms with Gasteiger partial charge in [-0.05, 0) is 47.3 Å². The van der Waals surface area contributed by atoms with Gasteiger partial charge in [-0.25, -0.2) is 4.79 Å². The first kappa shape index (κ1) is 11.4. The van der Waals surface area contributed by atoms with Crippen LogP contribution in [0.2, 0.25) is 0 Å². The summed E-state index contributed by atoms with van der Waals surface area (Å²) >= 11 is 3.10. The fourth-order valence-electron chi connectivity index (χ4n) is 1.69. The van der Waals surface area contributed by atoms with Crippen LogP contribution < -0.4 is 0 Å². The van der Waals surface area contributed by atoms with Gasteiger partial charge in [0.25, 0.3) is 0 Å². The predicted octanol–water partition coefficient (Wildman–Crippen LogP) is 2.71. The molecule has 1 aromatic rings. The van der Waals surface area contributed by atoms with Gasteiger partial charge >= 0.3 is 5.97 Å². The zero-order chi connectivity index (χ0) is 11.5. The normalized spacial score (nSPS) is 20.8. The molecule has 5 heteroatoms. The van der Waals surface area contributed by atoms with E-state index < -0.39 is 12.1 Å². The molecule has 2 rings (SSSR count). The average Bonchev–Trinajstić information content (AvgIpc) is 2.68. The number of carbonyl (C=O) groups excluding carboxylic acids is 2. The smallest absolute Gasteiger partial charge is 0.374 e. The summed E-state index contributed by atoms with van der Waals surface area (Å²) in [5, 5.41) is 0. The van der Waals surface area contributed by atoms with Crippen LogP contribution in [-0.4, -0.2) is 17.9 Å². The lowest BCUT2D eigenvalue weighted by Gasteiger charge is -2.19. The average molecular weight is 287 g/mol. The monoisotopic (exact) mass is 286 g/mol. The summed E-state index contributed by atoms with van der Waals surface area (Å²) in [4.78, 5) is 23.0. The summed E-state index contributed by atoms with van der Waals surface area (Å²) in [6, 6.07) is 3.12. The number of ether oxygens (including phenoxy) is 1. The number of rotatable bonds is 2. The predicted molar refractivity (Wildman–Crippen MR) is 59.1 cm³/mol. The molecule has 0 N–H and O–H groups in total. The quantitative estimate of drug-likeness (QED) is 0.785. The second kappa shape index (κ2) is 4.82. The largest absolute Gasteiger partial charge is 0.449 e. The van der Waals surface area contributed by atoms with Gasteiger partial charge in [0, 0.05) is 6.42 Å². The molecule has 16 heavy (non-hydrogen) atoms. The SMILES string of the molecule is O=C(O[C@H]1CCCCC1=O)c1ccc(Br)o1. The number of Topliss-reactive ketones (excluding diaryl/α,β-unsaturated/α-hetero) is 1. The molecule has 1 aliphatic carbocycles. The van der Waals surface area contributed by atoms with Crippen molar-refractivity contribution in [2.24, 2.45) is 0 Å². The van der Waals surface area contributed by atoms with Crippen molar-refractivity contribution < 1.29 is 18.7 Å². The summed E-state index contributed by atoms with van der Waals surface area (Å²) < 4.78 is 10.6. The van der Waals surface area contributed by atoms with Crippen LogP contribution in [0.1, 0.15) is 36.2 Å². The number of hydrogen-bond acceptors (Lipinski definition) is 4. The Morgan fingerprint density at radius 3 is 2.88 bits per heavy atom. The van der Waals surface area contributed by atoms with Crippen molar-refractivity contribution in [2.45, 2.75) is 31.8 Å². The van der Waals surface area contributed by atoms with Gasteiger partial charge in [-0.1, -0.05) is 0 Å². The Bertz CT molecular complexity index is 410. The lowest BCUT2D eigenvalue weighted by molar-refractivity contribution is -0.130. The van der Waals surface area contributed by atoms with Crippen LogP contribution >= 0.6 is 15.9 Å². The van der Waals surface area contributed by atoms with E-state index in [1.165, 1.54) is 6.07 Å². The minimum Gasteiger partial charge on any atom is -0.449 e. The van der Waals surface area contributed by atoms with Crippen molar-refractivity contribution in [1.82, 2.24) is 0 Å². The maximum absolute atomic E-state index is 11.6. The number of hydrogen-bond donors (Lipinski definition) is 0. The molecule has 86 valence electrons. The number of halogens is 1. The third kappa shape index (κ3) is 2.52. The Balaban J connectivity index is 1.99. The Morgan fingerprint density at radius 1 is 1.44 bits per heavy atom. The van der Waals surface area contributed by atoms with Crippen LogP contribution in [0.25, 0.3) is 0 Å². The molecule has 0 amide bonds. The fraction of sp³-hybridized carbons (Fsp3) is 0.455. The van der Waals surface area contributed by atoms with E-state index in [1.807, 2.05) is 0 Å². The van der Waals surface area contributed by atoms with E-state index in [9.17, 15) is 9.59 Å². The van der Waals surface area contributed by atoms with Gasteiger partial charge in [0.1, 0.15) is 0 Å². The molecule has 0 spiro atoms. The van der Waals surface area contributed by atoms with Crippen molar-refractivity contribution >= 4 is 27.7 Å². The van der Waals surface area contributed by atoms with Crippen LogP contribution in [0.3, 0.4) is 0 Å². The Labute approximate surface area is 101 Å². The number of carbonyl (C=O) groups is 2. The minimum atomic E-state index is -0.592. The first-order valence-electron chi connectivity index (χ1n) is 5.16. The third-order valence-corrected chi connectivity index (χ3v) is 2.95. The zero-order valence-corrected chi connectivity index (χ0v) is 10.2. The maximum atomic E-state index is 11.6. The first-order valence-corrected chi connectivity index (χ1v) is 5.95. The number of ketones is 1. The van der Waals surface area contributed by atoms with Gasteiger partial charge in [-0.15, -0.1) is 0 Å². The van der Waals surface area contributed by atoms with Gasteiger partial charge in [-0.2, -0.15) is 0 Å². The van der Waals surface area contributed by atoms with Crippen molar-refractivity contribution in [3.63, 3.8) is 0 Å². The minimum absolute atomic E-state index is 0.00484. The first-order chi connectivity index (χ1) is 7.66. The van der Waals surface area contributed by atoms with Crippen LogP contribution in [0.5, 0.6) is 0 Å². The molecular formula is C11H11BrO4. The van der Waals surface area contributed by atoms with Crippen LogP contribution in [0, 0.1) is 0 Å². The van der Waals surface area contributed by atoms with E-state index in [4.69, 9.17) is 9.15 Å². The molecule has 1 aliphatic rings. The summed E-state index contributed by atoms with van der Waals surface area (Å²) in [6.45, 7) is 0. The van der Waals surface area contributed by atoms with E-state index in [0.29, 0.717) is 17.5 Å². The molecule has 0 radical (unpaired) electrons. The standard InChI is InChI=1S/C11H11BrO4/c12-10-6-5-9(15-10)11(14)16-8-4-2-1-3-7(8)13/h5-6,8H,1-4H2/t8-/m0/s1. The van der Waals surface area contributed by atoms with E-state index in [0.717, 1.165) is 12.8 Å². The summed E-state index contributed by atoms with van der Waals surface area (Å²) in [7, 11) is 0. The van der Waals surface area contributed by atoms with Gasteiger partial charge in [-0.3, -0.25) is 4.79 Å². The third-order valence-electron chi connectivity index (χ3n) is 2.52. The highest BCUT2D eigenvalue weighted by Crippen LogP contribution is 2.20. The van der Waals surface area contributed by atoms with Crippen LogP contribution in [0.15, 0.2) is 21.2 Å². The lowest BCUT2D eigenvalue weighted by Crippen LogP contribution is -2.30. The Kier molecular flexibility index (Phi) is 3.43. The number of esters is 1. The van der Waals surface area contributed by atoms with E-state index in [-0.39, 0.29) is 11.5 Å². The van der Waals surface area contributed by atoms with Gasteiger partial charge in [0.15, 0.2) is 16.6 Å². The molecule has 1 saturated carbocycles.